The molecule has 41 heavy (non-hydrogen) atoms. The van der Waals surface area contributed by atoms with Gasteiger partial charge in [0.1, 0.15) is 0 Å². The van der Waals surface area contributed by atoms with Gasteiger partial charge in [0.15, 0.2) is 6.10 Å². The number of aromatic nitrogens is 2. The maximum atomic E-state index is 13.6. The minimum atomic E-state index is -0.936. The van der Waals surface area contributed by atoms with Crippen LogP contribution in [0.2, 0.25) is 0 Å². The van der Waals surface area contributed by atoms with Crippen molar-refractivity contribution in [1.82, 2.24) is 24.9 Å². The number of carbonyl (C=O) groups is 3. The lowest BCUT2D eigenvalue weighted by Gasteiger charge is -2.38. The van der Waals surface area contributed by atoms with E-state index in [1.54, 1.807) is 16.0 Å². The van der Waals surface area contributed by atoms with Crippen molar-refractivity contribution in [2.45, 2.75) is 56.7 Å². The van der Waals surface area contributed by atoms with Crippen LogP contribution in [0.3, 0.4) is 0 Å². The summed E-state index contributed by atoms with van der Waals surface area (Å²) >= 11 is 0. The Labute approximate surface area is 239 Å². The van der Waals surface area contributed by atoms with Crippen molar-refractivity contribution in [3.8, 4) is 0 Å². The number of hydrogen-bond acceptors (Lipinski definition) is 6. The number of para-hydroxylation sites is 1. The maximum Gasteiger partial charge on any atom is 0.410 e. The van der Waals surface area contributed by atoms with Crippen LogP contribution in [0.15, 0.2) is 48.7 Å². The predicted molar refractivity (Wildman–Crippen MR) is 154 cm³/mol. The van der Waals surface area contributed by atoms with Crippen LogP contribution in [0.5, 0.6) is 0 Å². The van der Waals surface area contributed by atoms with E-state index in [9.17, 15) is 14.4 Å². The molecule has 2 aromatic carbocycles. The summed E-state index contributed by atoms with van der Waals surface area (Å²) in [6.07, 6.45) is 4.14. The van der Waals surface area contributed by atoms with Gasteiger partial charge < -0.3 is 30.5 Å². The van der Waals surface area contributed by atoms with Crippen LogP contribution >= 0.6 is 0 Å². The first-order chi connectivity index (χ1) is 19.9. The van der Waals surface area contributed by atoms with Gasteiger partial charge in [-0.25, -0.2) is 9.59 Å². The summed E-state index contributed by atoms with van der Waals surface area (Å²) in [4.78, 5) is 45.2. The summed E-state index contributed by atoms with van der Waals surface area (Å²) in [7, 11) is 0. The molecule has 2 fully saturated rings. The number of ether oxygens (including phenoxy) is 1. The third-order valence-corrected chi connectivity index (χ3v) is 8.60. The molecule has 216 valence electrons. The molecule has 1 aromatic heterocycles. The minimum absolute atomic E-state index is 0.0324. The summed E-state index contributed by atoms with van der Waals surface area (Å²) in [5.74, 6) is -0.187. The van der Waals surface area contributed by atoms with Gasteiger partial charge in [0, 0.05) is 62.3 Å². The number of H-pyrrole nitrogens is 1. The summed E-state index contributed by atoms with van der Waals surface area (Å²) in [5, 5.41) is 11.0. The highest BCUT2D eigenvalue weighted by atomic mass is 16.6. The molecule has 4 amide bonds. The fourth-order valence-corrected chi connectivity index (χ4v) is 6.13. The first-order valence-corrected chi connectivity index (χ1v) is 14.5. The lowest BCUT2D eigenvalue weighted by atomic mass is 10.0. The first-order valence-electron chi connectivity index (χ1n) is 14.5. The maximum absolute atomic E-state index is 13.6. The number of piperidine rings is 2. The fourth-order valence-electron chi connectivity index (χ4n) is 6.13. The first kappa shape index (κ1) is 27.1. The minimum Gasteiger partial charge on any atom is -0.436 e. The van der Waals surface area contributed by atoms with Crippen molar-refractivity contribution in [2.24, 2.45) is 5.73 Å². The second-order valence-corrected chi connectivity index (χ2v) is 11.3. The second-order valence-electron chi connectivity index (χ2n) is 11.3. The number of carbonyl (C=O) groups excluding carboxylic acids is 3. The molecule has 3 aliphatic heterocycles. The Kier molecular flexibility index (Phi) is 7.78. The Balaban J connectivity index is 1.10. The number of amides is 4. The number of nitrogens with two attached hydrogens (primary N) is 1. The van der Waals surface area contributed by atoms with Gasteiger partial charge in [-0.15, -0.1) is 0 Å². The Morgan fingerprint density at radius 2 is 1.76 bits per heavy atom. The summed E-state index contributed by atoms with van der Waals surface area (Å²) in [6, 6.07) is 13.7. The highest BCUT2D eigenvalue weighted by Gasteiger charge is 2.35. The number of nitrogens with zero attached hydrogens (tertiary/aromatic N) is 4. The Hall–Kier alpha value is -4.12. The van der Waals surface area contributed by atoms with Crippen molar-refractivity contribution < 1.29 is 19.1 Å². The number of likely N-dealkylation sites (tertiary alicyclic amines) is 2. The van der Waals surface area contributed by atoms with E-state index in [0.717, 1.165) is 47.0 Å². The molecule has 4 N–H and O–H groups in total. The molecule has 3 aliphatic rings. The molecule has 0 radical (unpaired) electrons. The molecular formula is C30H37N7O4. The molecule has 0 spiro atoms. The van der Waals surface area contributed by atoms with Crippen LogP contribution in [0, 0.1) is 0 Å². The van der Waals surface area contributed by atoms with E-state index in [1.165, 1.54) is 0 Å². The number of hydrogen-bond donors (Lipinski definition) is 3. The number of urea groups is 1. The zero-order chi connectivity index (χ0) is 28.3. The van der Waals surface area contributed by atoms with Gasteiger partial charge >= 0.3 is 12.1 Å². The van der Waals surface area contributed by atoms with E-state index >= 15 is 0 Å². The fraction of sp³-hybridized carbons (Fsp3) is 0.467. The highest BCUT2D eigenvalue weighted by molar-refractivity contribution is 5.91. The smallest absolute Gasteiger partial charge is 0.410 e. The van der Waals surface area contributed by atoms with Crippen molar-refractivity contribution in [2.75, 3.05) is 38.0 Å². The molecule has 0 bridgehead atoms. The van der Waals surface area contributed by atoms with Crippen LogP contribution in [0.4, 0.5) is 15.3 Å². The standard InChI is InChI=1S/C30H37N7O4/c31-23-8-12-35(13-9-23)28(38)27(18-20-5-6-26-22(17-20)19-32-34-26)41-30(40)36-14-10-24(11-15-36)37-16-7-21-3-1-2-4-25(21)33-29(37)39/h1-6,17,19,23-24,27H,7-16,18,31H2,(H,32,34)(H,33,39)/t27-/m1/s1. The van der Waals surface area contributed by atoms with E-state index in [-0.39, 0.29) is 30.4 Å². The Morgan fingerprint density at radius 1 is 1.00 bits per heavy atom. The molecule has 1 atom stereocenters. The number of benzene rings is 2. The van der Waals surface area contributed by atoms with Gasteiger partial charge in [-0.05, 0) is 61.4 Å². The summed E-state index contributed by atoms with van der Waals surface area (Å²) < 4.78 is 5.94. The van der Waals surface area contributed by atoms with E-state index in [4.69, 9.17) is 10.5 Å². The zero-order valence-corrected chi connectivity index (χ0v) is 23.1. The molecule has 11 nitrogen and oxygen atoms in total. The van der Waals surface area contributed by atoms with Gasteiger partial charge in [0.25, 0.3) is 5.91 Å². The SMILES string of the molecule is NC1CCN(C(=O)[C@@H](Cc2ccc3[nH]ncc3c2)OC(=O)N2CCC(N3CCc4ccccc4NC3=O)CC2)CC1. The number of rotatable bonds is 5. The van der Waals surface area contributed by atoms with E-state index in [2.05, 4.69) is 15.5 Å². The molecule has 0 saturated carbocycles. The van der Waals surface area contributed by atoms with Gasteiger partial charge in [0.05, 0.1) is 11.7 Å². The van der Waals surface area contributed by atoms with Crippen LogP contribution in [-0.2, 0) is 22.4 Å². The van der Waals surface area contributed by atoms with Crippen molar-refractivity contribution >= 4 is 34.6 Å². The van der Waals surface area contributed by atoms with Crippen molar-refractivity contribution in [3.05, 3.63) is 59.8 Å². The number of anilines is 1. The molecule has 3 aromatic rings. The van der Waals surface area contributed by atoms with Crippen LogP contribution < -0.4 is 11.1 Å². The molecule has 4 heterocycles. The number of nitrogens with one attached hydrogen (secondary N) is 2. The molecule has 0 aliphatic carbocycles. The van der Waals surface area contributed by atoms with Gasteiger partial charge in [0.2, 0.25) is 0 Å². The lowest BCUT2D eigenvalue weighted by molar-refractivity contribution is -0.142. The monoisotopic (exact) mass is 559 g/mol. The van der Waals surface area contributed by atoms with Crippen LogP contribution in [-0.4, -0.2) is 93.8 Å². The average Bonchev–Trinajstić information content (AvgIpc) is 3.39. The van der Waals surface area contributed by atoms with E-state index in [0.29, 0.717) is 45.6 Å². The Morgan fingerprint density at radius 3 is 2.56 bits per heavy atom. The lowest BCUT2D eigenvalue weighted by Crippen LogP contribution is -2.52. The van der Waals surface area contributed by atoms with Gasteiger partial charge in [-0.1, -0.05) is 24.3 Å². The Bertz CT molecular complexity index is 1410. The topological polar surface area (TPSA) is 137 Å². The van der Waals surface area contributed by atoms with Crippen LogP contribution in [0.25, 0.3) is 10.9 Å². The van der Waals surface area contributed by atoms with Gasteiger partial charge in [-0.2, -0.15) is 5.10 Å². The highest BCUT2D eigenvalue weighted by Crippen LogP contribution is 2.25. The second kappa shape index (κ2) is 11.8. The normalized spacial score (nSPS) is 19.4. The molecule has 2 saturated heterocycles. The van der Waals surface area contributed by atoms with E-state index < -0.39 is 12.2 Å². The largest absolute Gasteiger partial charge is 0.436 e. The molecular weight excluding hydrogens is 522 g/mol. The third-order valence-electron chi connectivity index (χ3n) is 8.60. The third kappa shape index (κ3) is 6.00. The average molecular weight is 560 g/mol. The summed E-state index contributed by atoms with van der Waals surface area (Å²) in [6.45, 7) is 2.67. The molecule has 0 unspecified atom stereocenters. The van der Waals surface area contributed by atoms with Crippen LogP contribution in [0.1, 0.15) is 36.8 Å². The van der Waals surface area contributed by atoms with Gasteiger partial charge in [-0.3, -0.25) is 9.89 Å². The quantitative estimate of drug-likeness (QED) is 0.439. The summed E-state index contributed by atoms with van der Waals surface area (Å²) in [5.41, 5.74) is 9.84. The van der Waals surface area contributed by atoms with Crippen molar-refractivity contribution in [1.29, 1.82) is 0 Å². The number of aromatic amines is 1. The zero-order valence-electron chi connectivity index (χ0n) is 23.1. The van der Waals surface area contributed by atoms with E-state index in [1.807, 2.05) is 47.4 Å². The molecule has 11 heteroatoms. The molecule has 6 rings (SSSR count). The predicted octanol–water partition coefficient (Wildman–Crippen LogP) is 3.11. The number of fused-ring (bicyclic) bond motifs is 2. The van der Waals surface area contributed by atoms with Crippen molar-refractivity contribution in [3.63, 3.8) is 0 Å².